The molecule has 0 saturated heterocycles. The van der Waals surface area contributed by atoms with Crippen LogP contribution in [-0.4, -0.2) is 4.98 Å². The molecule has 0 atom stereocenters. The van der Waals surface area contributed by atoms with Crippen molar-refractivity contribution in [3.05, 3.63) is 32.7 Å². The Morgan fingerprint density at radius 1 is 1.08 bits per heavy atom. The second-order valence-corrected chi connectivity index (χ2v) is 3.87. The zero-order valence-electron chi connectivity index (χ0n) is 8.24. The lowest BCUT2D eigenvalue weighted by molar-refractivity contribution is 0.670. The molecule has 0 unspecified atom stereocenters. The minimum Gasteiger partial charge on any atom is -0.326 e. The number of aromatic nitrogens is 1. The molecule has 0 fully saturated rings. The number of rotatable bonds is 0. The van der Waals surface area contributed by atoms with E-state index in [4.69, 9.17) is 0 Å². The Kier molecular flexibility index (Phi) is 1.98. The van der Waals surface area contributed by atoms with Gasteiger partial charge in [-0.15, -0.1) is 0 Å². The number of pyridine rings is 1. The van der Waals surface area contributed by atoms with Gasteiger partial charge >= 0.3 is 0 Å². The van der Waals surface area contributed by atoms with Crippen LogP contribution in [0.2, 0.25) is 0 Å². The van der Waals surface area contributed by atoms with Gasteiger partial charge in [0.2, 0.25) is 0 Å². The van der Waals surface area contributed by atoms with Gasteiger partial charge in [0.1, 0.15) is 0 Å². The predicted molar refractivity (Wildman–Crippen MR) is 53.2 cm³/mol. The second kappa shape index (κ2) is 3.02. The fourth-order valence-electron chi connectivity index (χ4n) is 2.21. The van der Waals surface area contributed by atoms with Crippen LogP contribution in [0.3, 0.4) is 0 Å². The summed E-state index contributed by atoms with van der Waals surface area (Å²) in [5.74, 6) is 0. The first-order chi connectivity index (χ1) is 6.20. The van der Waals surface area contributed by atoms with Gasteiger partial charge in [0.25, 0.3) is 5.56 Å². The summed E-state index contributed by atoms with van der Waals surface area (Å²) in [4.78, 5) is 14.4. The van der Waals surface area contributed by atoms with Crippen LogP contribution in [0.4, 0.5) is 0 Å². The number of hydrogen-bond donors (Lipinski definition) is 1. The summed E-state index contributed by atoms with van der Waals surface area (Å²) in [5.41, 5.74) is 4.81. The van der Waals surface area contributed by atoms with Gasteiger partial charge < -0.3 is 4.98 Å². The minimum atomic E-state index is 0.0955. The molecule has 1 aliphatic carbocycles. The van der Waals surface area contributed by atoms with Crippen LogP contribution >= 0.6 is 0 Å². The molecular formula is C11H15NO. The molecule has 13 heavy (non-hydrogen) atoms. The van der Waals surface area contributed by atoms with Crippen molar-refractivity contribution in [2.45, 2.75) is 39.5 Å². The average molecular weight is 177 g/mol. The molecule has 0 radical (unpaired) electrons. The molecule has 1 heterocycles. The molecule has 1 N–H and O–H groups in total. The third-order valence-corrected chi connectivity index (χ3v) is 3.01. The van der Waals surface area contributed by atoms with Crippen molar-refractivity contribution >= 4 is 0 Å². The van der Waals surface area contributed by atoms with Crippen molar-refractivity contribution in [3.8, 4) is 0 Å². The van der Waals surface area contributed by atoms with Gasteiger partial charge in [0.05, 0.1) is 0 Å². The van der Waals surface area contributed by atoms with Gasteiger partial charge in [0, 0.05) is 11.3 Å². The molecule has 1 aromatic heterocycles. The van der Waals surface area contributed by atoms with Crippen LogP contribution in [0.1, 0.15) is 35.2 Å². The zero-order valence-corrected chi connectivity index (χ0v) is 8.24. The van der Waals surface area contributed by atoms with E-state index in [1.54, 1.807) is 0 Å². The molecule has 0 saturated carbocycles. The molecule has 0 aliphatic heterocycles. The number of aryl methyl sites for hydroxylation is 1. The predicted octanol–water partition coefficient (Wildman–Crippen LogP) is 1.87. The Hall–Kier alpha value is -1.05. The van der Waals surface area contributed by atoms with Gasteiger partial charge in [0.15, 0.2) is 0 Å². The molecule has 2 heteroatoms. The van der Waals surface area contributed by atoms with Gasteiger partial charge in [-0.2, -0.15) is 0 Å². The lowest BCUT2D eigenvalue weighted by Crippen LogP contribution is -2.19. The summed E-state index contributed by atoms with van der Waals surface area (Å²) >= 11 is 0. The van der Waals surface area contributed by atoms with Crippen LogP contribution in [0.15, 0.2) is 4.79 Å². The van der Waals surface area contributed by atoms with Crippen LogP contribution in [0.5, 0.6) is 0 Å². The summed E-state index contributed by atoms with van der Waals surface area (Å²) in [6, 6.07) is 0. The Balaban J connectivity index is 2.70. The number of nitrogens with one attached hydrogen (secondary N) is 1. The van der Waals surface area contributed by atoms with Gasteiger partial charge in [-0.3, -0.25) is 4.79 Å². The maximum Gasteiger partial charge on any atom is 0.251 e. The highest BCUT2D eigenvalue weighted by Crippen LogP contribution is 2.23. The van der Waals surface area contributed by atoms with E-state index in [1.165, 1.54) is 24.0 Å². The highest BCUT2D eigenvalue weighted by molar-refractivity contribution is 5.37. The van der Waals surface area contributed by atoms with Crippen LogP contribution in [0, 0.1) is 13.8 Å². The molecule has 1 aromatic rings. The first kappa shape index (κ1) is 8.54. The number of fused-ring (bicyclic) bond motifs is 1. The lowest BCUT2D eigenvalue weighted by Gasteiger charge is -2.19. The first-order valence-corrected chi connectivity index (χ1v) is 4.91. The third-order valence-electron chi connectivity index (χ3n) is 3.01. The highest BCUT2D eigenvalue weighted by Gasteiger charge is 2.15. The molecule has 70 valence electrons. The summed E-state index contributed by atoms with van der Waals surface area (Å²) in [6.45, 7) is 3.94. The Labute approximate surface area is 78.0 Å². The van der Waals surface area contributed by atoms with Crippen molar-refractivity contribution in [1.29, 1.82) is 0 Å². The van der Waals surface area contributed by atoms with Crippen molar-refractivity contribution in [2.24, 2.45) is 0 Å². The van der Waals surface area contributed by atoms with Gasteiger partial charge in [-0.1, -0.05) is 0 Å². The second-order valence-electron chi connectivity index (χ2n) is 3.87. The number of H-pyrrole nitrogens is 1. The van der Waals surface area contributed by atoms with Crippen molar-refractivity contribution in [1.82, 2.24) is 4.98 Å². The summed E-state index contributed by atoms with van der Waals surface area (Å²) in [6.07, 6.45) is 4.72. The largest absolute Gasteiger partial charge is 0.326 e. The molecule has 0 aromatic carbocycles. The molecule has 2 nitrogen and oxygen atoms in total. The minimum absolute atomic E-state index is 0.0955. The topological polar surface area (TPSA) is 32.9 Å². The van der Waals surface area contributed by atoms with Gasteiger partial charge in [-0.05, 0) is 50.7 Å². The summed E-state index contributed by atoms with van der Waals surface area (Å²) in [7, 11) is 0. The maximum absolute atomic E-state index is 11.5. The Bertz CT molecular complexity index is 390. The fraction of sp³-hybridized carbons (Fsp3) is 0.545. The fourth-order valence-corrected chi connectivity index (χ4v) is 2.21. The average Bonchev–Trinajstić information content (AvgIpc) is 2.15. The van der Waals surface area contributed by atoms with Gasteiger partial charge in [-0.25, -0.2) is 0 Å². The van der Waals surface area contributed by atoms with E-state index in [1.807, 2.05) is 13.8 Å². The number of aromatic amines is 1. The lowest BCUT2D eigenvalue weighted by atomic mass is 9.88. The van der Waals surface area contributed by atoms with E-state index in [0.29, 0.717) is 0 Å². The third kappa shape index (κ3) is 1.30. The van der Waals surface area contributed by atoms with E-state index in [9.17, 15) is 4.79 Å². The summed E-state index contributed by atoms with van der Waals surface area (Å²) in [5, 5.41) is 0. The smallest absolute Gasteiger partial charge is 0.251 e. The van der Waals surface area contributed by atoms with Crippen LogP contribution < -0.4 is 5.56 Å². The van der Waals surface area contributed by atoms with E-state index >= 15 is 0 Å². The maximum atomic E-state index is 11.5. The molecule has 0 bridgehead atoms. The molecule has 2 rings (SSSR count). The SMILES string of the molecule is Cc1[nH]c(=O)c(C)c2c1CCCC2. The standard InChI is InChI=1S/C11H15NO/c1-7-9-5-3-4-6-10(9)8(2)12-11(7)13/h3-6H2,1-2H3,(H,12,13). The molecule has 0 amide bonds. The van der Waals surface area contributed by atoms with E-state index in [2.05, 4.69) is 4.98 Å². The highest BCUT2D eigenvalue weighted by atomic mass is 16.1. The summed E-state index contributed by atoms with van der Waals surface area (Å²) < 4.78 is 0. The first-order valence-electron chi connectivity index (χ1n) is 4.91. The van der Waals surface area contributed by atoms with Crippen molar-refractivity contribution < 1.29 is 0 Å². The monoisotopic (exact) mass is 177 g/mol. The Morgan fingerprint density at radius 3 is 2.38 bits per heavy atom. The number of hydrogen-bond acceptors (Lipinski definition) is 1. The quantitative estimate of drug-likeness (QED) is 0.644. The molecular weight excluding hydrogens is 162 g/mol. The van der Waals surface area contributed by atoms with E-state index in [-0.39, 0.29) is 5.56 Å². The van der Waals surface area contributed by atoms with E-state index in [0.717, 1.165) is 24.1 Å². The Morgan fingerprint density at radius 2 is 1.69 bits per heavy atom. The van der Waals surface area contributed by atoms with Crippen LogP contribution in [-0.2, 0) is 12.8 Å². The van der Waals surface area contributed by atoms with Crippen molar-refractivity contribution in [3.63, 3.8) is 0 Å². The van der Waals surface area contributed by atoms with Crippen molar-refractivity contribution in [2.75, 3.05) is 0 Å². The molecule has 0 spiro atoms. The van der Waals surface area contributed by atoms with Crippen LogP contribution in [0.25, 0.3) is 0 Å². The zero-order chi connectivity index (χ0) is 9.42. The molecule has 1 aliphatic rings. The van der Waals surface area contributed by atoms with E-state index < -0.39 is 0 Å². The normalized spacial score (nSPS) is 15.5.